The Balaban J connectivity index is 1.75. The van der Waals surface area contributed by atoms with Crippen LogP contribution in [-0.2, 0) is 10.8 Å². The summed E-state index contributed by atoms with van der Waals surface area (Å²) in [4.78, 5) is 2.63. The Labute approximate surface area is 95.1 Å². The molecule has 0 aliphatic carbocycles. The maximum atomic E-state index is 11.0. The van der Waals surface area contributed by atoms with E-state index in [1.54, 1.807) is 6.26 Å². The summed E-state index contributed by atoms with van der Waals surface area (Å²) in [5.41, 5.74) is 0. The lowest BCUT2D eigenvalue weighted by molar-refractivity contribution is 0.181. The number of piperidine rings is 1. The van der Waals surface area contributed by atoms with Gasteiger partial charge in [0.1, 0.15) is 0 Å². The minimum absolute atomic E-state index is 0.651. The summed E-state index contributed by atoms with van der Waals surface area (Å²) in [5.74, 6) is 0.795. The SMILES string of the molecule is CS(=O)CCNC1CCN2CCCCC12. The number of fused-ring (bicyclic) bond motifs is 1. The first-order valence-corrected chi connectivity index (χ1v) is 7.77. The first kappa shape index (κ1) is 11.6. The van der Waals surface area contributed by atoms with Crippen molar-refractivity contribution in [3.63, 3.8) is 0 Å². The van der Waals surface area contributed by atoms with Crippen LogP contribution in [0.5, 0.6) is 0 Å². The molecule has 0 spiro atoms. The van der Waals surface area contributed by atoms with Crippen molar-refractivity contribution in [2.75, 3.05) is 31.6 Å². The zero-order valence-electron chi connectivity index (χ0n) is 9.58. The topological polar surface area (TPSA) is 32.3 Å². The Hall–Kier alpha value is 0.0700. The van der Waals surface area contributed by atoms with E-state index < -0.39 is 10.8 Å². The van der Waals surface area contributed by atoms with Crippen LogP contribution in [0.25, 0.3) is 0 Å². The van der Waals surface area contributed by atoms with Gasteiger partial charge in [-0.3, -0.25) is 9.11 Å². The Morgan fingerprint density at radius 3 is 3.00 bits per heavy atom. The maximum Gasteiger partial charge on any atom is 0.0357 e. The molecule has 0 aromatic rings. The molecule has 0 amide bonds. The van der Waals surface area contributed by atoms with Crippen molar-refractivity contribution in [2.24, 2.45) is 0 Å². The van der Waals surface area contributed by atoms with Crippen LogP contribution in [0, 0.1) is 0 Å². The molecule has 0 aromatic carbocycles. The second-order valence-corrected chi connectivity index (χ2v) is 6.28. The van der Waals surface area contributed by atoms with E-state index in [2.05, 4.69) is 10.2 Å². The smallest absolute Gasteiger partial charge is 0.0357 e. The van der Waals surface area contributed by atoms with Gasteiger partial charge in [-0.1, -0.05) is 6.42 Å². The zero-order chi connectivity index (χ0) is 10.7. The fraction of sp³-hybridized carbons (Fsp3) is 1.00. The number of rotatable bonds is 4. The molecule has 2 heterocycles. The van der Waals surface area contributed by atoms with Crippen molar-refractivity contribution >= 4 is 10.8 Å². The van der Waals surface area contributed by atoms with Gasteiger partial charge in [-0.05, 0) is 25.8 Å². The third-order valence-electron chi connectivity index (χ3n) is 3.65. The van der Waals surface area contributed by atoms with Gasteiger partial charge < -0.3 is 5.32 Å². The first-order chi connectivity index (χ1) is 7.27. The highest BCUT2D eigenvalue weighted by molar-refractivity contribution is 7.84. The van der Waals surface area contributed by atoms with Crippen LogP contribution in [0.3, 0.4) is 0 Å². The lowest BCUT2D eigenvalue weighted by Gasteiger charge is -2.32. The molecule has 3 unspecified atom stereocenters. The molecule has 0 aromatic heterocycles. The minimum atomic E-state index is -0.651. The third-order valence-corrected chi connectivity index (χ3v) is 4.43. The zero-order valence-corrected chi connectivity index (χ0v) is 10.4. The van der Waals surface area contributed by atoms with Crippen LogP contribution in [0.4, 0.5) is 0 Å². The maximum absolute atomic E-state index is 11.0. The lowest BCUT2D eigenvalue weighted by atomic mass is 9.99. The fourth-order valence-electron chi connectivity index (χ4n) is 2.87. The van der Waals surface area contributed by atoms with Gasteiger partial charge in [0.25, 0.3) is 0 Å². The highest BCUT2D eigenvalue weighted by Gasteiger charge is 2.34. The Kier molecular flexibility index (Phi) is 4.17. The van der Waals surface area contributed by atoms with E-state index in [0.29, 0.717) is 6.04 Å². The van der Waals surface area contributed by atoms with Crippen molar-refractivity contribution in [3.8, 4) is 0 Å². The van der Waals surface area contributed by atoms with Gasteiger partial charge in [0.05, 0.1) is 0 Å². The van der Waals surface area contributed by atoms with E-state index in [-0.39, 0.29) is 0 Å². The van der Waals surface area contributed by atoms with E-state index in [1.165, 1.54) is 38.8 Å². The van der Waals surface area contributed by atoms with Crippen molar-refractivity contribution in [1.82, 2.24) is 10.2 Å². The molecular weight excluding hydrogens is 208 g/mol. The van der Waals surface area contributed by atoms with E-state index in [0.717, 1.165) is 18.3 Å². The summed E-state index contributed by atoms with van der Waals surface area (Å²) >= 11 is 0. The molecule has 1 N–H and O–H groups in total. The number of hydrogen-bond donors (Lipinski definition) is 1. The van der Waals surface area contributed by atoms with Crippen LogP contribution in [0.15, 0.2) is 0 Å². The highest BCUT2D eigenvalue weighted by atomic mass is 32.2. The molecule has 2 saturated heterocycles. The molecule has 2 fully saturated rings. The van der Waals surface area contributed by atoms with E-state index in [4.69, 9.17) is 0 Å². The van der Waals surface area contributed by atoms with Gasteiger partial charge in [-0.25, -0.2) is 0 Å². The Morgan fingerprint density at radius 1 is 1.33 bits per heavy atom. The molecule has 2 aliphatic rings. The largest absolute Gasteiger partial charge is 0.311 e. The average molecular weight is 230 g/mol. The summed E-state index contributed by atoms with van der Waals surface area (Å²) < 4.78 is 11.0. The second kappa shape index (κ2) is 5.41. The average Bonchev–Trinajstić information content (AvgIpc) is 2.62. The molecule has 0 saturated carbocycles. The second-order valence-electron chi connectivity index (χ2n) is 4.73. The third kappa shape index (κ3) is 3.02. The predicted molar refractivity (Wildman–Crippen MR) is 64.6 cm³/mol. The number of nitrogens with one attached hydrogen (secondary N) is 1. The summed E-state index contributed by atoms with van der Waals surface area (Å²) in [6.45, 7) is 3.47. The molecule has 3 atom stereocenters. The standard InChI is InChI=1S/C11H22N2OS/c1-15(14)9-6-12-10-5-8-13-7-3-2-4-11(10)13/h10-12H,2-9H2,1H3. The number of nitrogens with zero attached hydrogens (tertiary/aromatic N) is 1. The van der Waals surface area contributed by atoms with Gasteiger partial charge in [0.2, 0.25) is 0 Å². The molecule has 15 heavy (non-hydrogen) atoms. The van der Waals surface area contributed by atoms with Crippen molar-refractivity contribution in [1.29, 1.82) is 0 Å². The van der Waals surface area contributed by atoms with Crippen molar-refractivity contribution in [3.05, 3.63) is 0 Å². The molecule has 4 heteroatoms. The molecular formula is C11H22N2OS. The summed E-state index contributed by atoms with van der Waals surface area (Å²) in [7, 11) is -0.651. The summed E-state index contributed by atoms with van der Waals surface area (Å²) in [6.07, 6.45) is 7.18. The van der Waals surface area contributed by atoms with E-state index in [9.17, 15) is 4.21 Å². The lowest BCUT2D eigenvalue weighted by Crippen LogP contribution is -2.45. The van der Waals surface area contributed by atoms with Crippen LogP contribution >= 0.6 is 0 Å². The Morgan fingerprint density at radius 2 is 2.20 bits per heavy atom. The molecule has 2 rings (SSSR count). The van der Waals surface area contributed by atoms with Gasteiger partial charge in [-0.15, -0.1) is 0 Å². The van der Waals surface area contributed by atoms with Crippen LogP contribution in [0.1, 0.15) is 25.7 Å². The fourth-order valence-corrected chi connectivity index (χ4v) is 3.28. The van der Waals surface area contributed by atoms with Gasteiger partial charge >= 0.3 is 0 Å². The first-order valence-electron chi connectivity index (χ1n) is 6.05. The van der Waals surface area contributed by atoms with Crippen LogP contribution in [0.2, 0.25) is 0 Å². The monoisotopic (exact) mass is 230 g/mol. The van der Waals surface area contributed by atoms with Gasteiger partial charge in [0, 0.05) is 48.0 Å². The predicted octanol–water partition coefficient (Wildman–Crippen LogP) is 0.581. The Bertz CT molecular complexity index is 235. The van der Waals surface area contributed by atoms with Gasteiger partial charge in [0.15, 0.2) is 0 Å². The molecule has 2 aliphatic heterocycles. The normalized spacial score (nSPS) is 33.9. The van der Waals surface area contributed by atoms with Crippen LogP contribution < -0.4 is 5.32 Å². The molecule has 88 valence electrons. The van der Waals surface area contributed by atoms with Crippen LogP contribution in [-0.4, -0.2) is 52.8 Å². The molecule has 0 bridgehead atoms. The highest BCUT2D eigenvalue weighted by Crippen LogP contribution is 2.26. The summed E-state index contributed by atoms with van der Waals surface area (Å²) in [6, 6.07) is 1.43. The van der Waals surface area contributed by atoms with Crippen molar-refractivity contribution in [2.45, 2.75) is 37.8 Å². The van der Waals surface area contributed by atoms with Crippen molar-refractivity contribution < 1.29 is 4.21 Å². The van der Waals surface area contributed by atoms with E-state index >= 15 is 0 Å². The summed E-state index contributed by atoms with van der Waals surface area (Å²) in [5, 5.41) is 3.58. The minimum Gasteiger partial charge on any atom is -0.311 e. The number of hydrogen-bond acceptors (Lipinski definition) is 3. The molecule has 3 nitrogen and oxygen atoms in total. The quantitative estimate of drug-likeness (QED) is 0.767. The molecule has 0 radical (unpaired) electrons. The van der Waals surface area contributed by atoms with Gasteiger partial charge in [-0.2, -0.15) is 0 Å². The van der Waals surface area contributed by atoms with E-state index in [1.807, 2.05) is 0 Å².